The van der Waals surface area contributed by atoms with Crippen molar-refractivity contribution in [3.8, 4) is 0 Å². The molecule has 0 saturated carbocycles. The summed E-state index contributed by atoms with van der Waals surface area (Å²) in [4.78, 5) is 14.0. The van der Waals surface area contributed by atoms with Gasteiger partial charge in [-0.05, 0) is 37.0 Å². The second kappa shape index (κ2) is 5.19. The third-order valence-corrected chi connectivity index (χ3v) is 3.24. The molecule has 1 aromatic carbocycles. The van der Waals surface area contributed by atoms with Crippen LogP contribution in [0.15, 0.2) is 24.3 Å². The number of nitrogens with two attached hydrogens (primary N) is 1. The highest BCUT2D eigenvalue weighted by Gasteiger charge is 2.26. The van der Waals surface area contributed by atoms with Crippen molar-refractivity contribution < 1.29 is 9.90 Å². The molecule has 92 valence electrons. The van der Waals surface area contributed by atoms with Crippen molar-refractivity contribution in [1.82, 2.24) is 4.90 Å². The maximum absolute atomic E-state index is 12.2. The Hall–Kier alpha value is -1.55. The molecule has 1 amide bonds. The third kappa shape index (κ3) is 2.77. The average Bonchev–Trinajstić information content (AvgIpc) is 2.77. The maximum Gasteiger partial charge on any atom is 0.253 e. The van der Waals surface area contributed by atoms with Gasteiger partial charge in [0.1, 0.15) is 0 Å². The second-order valence-corrected chi connectivity index (χ2v) is 4.54. The molecule has 1 aliphatic rings. The Morgan fingerprint density at radius 1 is 1.53 bits per heavy atom. The van der Waals surface area contributed by atoms with E-state index in [1.54, 1.807) is 24.3 Å². The summed E-state index contributed by atoms with van der Waals surface area (Å²) in [6, 6.07) is 7.07. The fraction of sp³-hybridized carbons (Fsp3) is 0.462. The van der Waals surface area contributed by atoms with E-state index in [2.05, 4.69) is 0 Å². The van der Waals surface area contributed by atoms with Crippen molar-refractivity contribution in [3.05, 3.63) is 29.8 Å². The number of hydrogen-bond donors (Lipinski definition) is 2. The van der Waals surface area contributed by atoms with Crippen molar-refractivity contribution in [2.24, 2.45) is 5.92 Å². The number of amides is 1. The molecule has 1 atom stereocenters. The first-order chi connectivity index (χ1) is 8.20. The van der Waals surface area contributed by atoms with E-state index in [1.165, 1.54) is 0 Å². The summed E-state index contributed by atoms with van der Waals surface area (Å²) in [5.74, 6) is 0.475. The minimum Gasteiger partial charge on any atom is -0.399 e. The predicted molar refractivity (Wildman–Crippen MR) is 66.6 cm³/mol. The number of nitrogen functional groups attached to an aromatic ring is 1. The Bertz CT molecular complexity index is 406. The number of rotatable bonds is 3. The van der Waals surface area contributed by atoms with E-state index in [4.69, 9.17) is 10.8 Å². The first kappa shape index (κ1) is 11.9. The van der Waals surface area contributed by atoms with Crippen LogP contribution in [0.25, 0.3) is 0 Å². The number of carbonyl (C=O) groups is 1. The lowest BCUT2D eigenvalue weighted by molar-refractivity contribution is 0.0785. The standard InChI is InChI=1S/C13H18N2O2/c14-12-3-1-2-11(8-12)13(17)15-6-4-10(9-15)5-7-16/h1-3,8,10,16H,4-7,9,14H2. The number of hydrogen-bond acceptors (Lipinski definition) is 3. The maximum atomic E-state index is 12.2. The van der Waals surface area contributed by atoms with E-state index >= 15 is 0 Å². The minimum absolute atomic E-state index is 0.0396. The molecular weight excluding hydrogens is 216 g/mol. The van der Waals surface area contributed by atoms with Crippen LogP contribution in [-0.4, -0.2) is 35.6 Å². The summed E-state index contributed by atoms with van der Waals surface area (Å²) in [5, 5.41) is 8.88. The number of nitrogens with zero attached hydrogens (tertiary/aromatic N) is 1. The van der Waals surface area contributed by atoms with Crippen LogP contribution in [0.5, 0.6) is 0 Å². The summed E-state index contributed by atoms with van der Waals surface area (Å²) >= 11 is 0. The number of carbonyl (C=O) groups excluding carboxylic acids is 1. The topological polar surface area (TPSA) is 66.6 Å². The Morgan fingerprint density at radius 2 is 2.35 bits per heavy atom. The highest BCUT2D eigenvalue weighted by Crippen LogP contribution is 2.21. The molecule has 0 aromatic heterocycles. The fourth-order valence-corrected chi connectivity index (χ4v) is 2.29. The molecule has 1 aromatic rings. The molecule has 1 aliphatic heterocycles. The molecule has 0 bridgehead atoms. The summed E-state index contributed by atoms with van der Waals surface area (Å²) in [5.41, 5.74) is 6.93. The second-order valence-electron chi connectivity index (χ2n) is 4.54. The van der Waals surface area contributed by atoms with Gasteiger partial charge in [0.2, 0.25) is 0 Å². The number of anilines is 1. The summed E-state index contributed by atoms with van der Waals surface area (Å²) in [6.07, 6.45) is 1.76. The molecule has 0 radical (unpaired) electrons. The molecule has 4 nitrogen and oxygen atoms in total. The molecule has 1 heterocycles. The number of benzene rings is 1. The highest BCUT2D eigenvalue weighted by atomic mass is 16.3. The van der Waals surface area contributed by atoms with Gasteiger partial charge in [0.25, 0.3) is 5.91 Å². The SMILES string of the molecule is Nc1cccc(C(=O)N2CCC(CCO)C2)c1. The lowest BCUT2D eigenvalue weighted by Gasteiger charge is -2.16. The zero-order chi connectivity index (χ0) is 12.3. The largest absolute Gasteiger partial charge is 0.399 e. The molecule has 17 heavy (non-hydrogen) atoms. The monoisotopic (exact) mass is 234 g/mol. The quantitative estimate of drug-likeness (QED) is 0.770. The van der Waals surface area contributed by atoms with Gasteiger partial charge >= 0.3 is 0 Å². The Balaban J connectivity index is 2.02. The van der Waals surface area contributed by atoms with E-state index < -0.39 is 0 Å². The zero-order valence-corrected chi connectivity index (χ0v) is 9.80. The number of likely N-dealkylation sites (tertiary alicyclic amines) is 1. The fourth-order valence-electron chi connectivity index (χ4n) is 2.29. The Kier molecular flexibility index (Phi) is 3.64. The number of aliphatic hydroxyl groups excluding tert-OH is 1. The Labute approximate surface area is 101 Å². The van der Waals surface area contributed by atoms with Gasteiger partial charge in [0.15, 0.2) is 0 Å². The van der Waals surface area contributed by atoms with E-state index in [-0.39, 0.29) is 12.5 Å². The van der Waals surface area contributed by atoms with E-state index in [9.17, 15) is 4.79 Å². The summed E-state index contributed by atoms with van der Waals surface area (Å²) in [7, 11) is 0. The molecule has 0 aliphatic carbocycles. The third-order valence-electron chi connectivity index (χ3n) is 3.24. The highest BCUT2D eigenvalue weighted by molar-refractivity contribution is 5.95. The van der Waals surface area contributed by atoms with Crippen molar-refractivity contribution in [2.75, 3.05) is 25.4 Å². The lowest BCUT2D eigenvalue weighted by Crippen LogP contribution is -2.28. The van der Waals surface area contributed by atoms with Crippen LogP contribution in [0, 0.1) is 5.92 Å². The first-order valence-corrected chi connectivity index (χ1v) is 5.96. The van der Waals surface area contributed by atoms with Crippen molar-refractivity contribution in [1.29, 1.82) is 0 Å². The van der Waals surface area contributed by atoms with E-state index in [1.807, 2.05) is 4.90 Å². The molecule has 3 N–H and O–H groups in total. The molecule has 0 spiro atoms. The molecule has 4 heteroatoms. The van der Waals surface area contributed by atoms with Crippen LogP contribution in [0.4, 0.5) is 5.69 Å². The average molecular weight is 234 g/mol. The normalized spacial score (nSPS) is 19.6. The smallest absolute Gasteiger partial charge is 0.253 e. The van der Waals surface area contributed by atoms with Gasteiger partial charge in [0, 0.05) is 30.9 Å². The Morgan fingerprint density at radius 3 is 3.06 bits per heavy atom. The van der Waals surface area contributed by atoms with Gasteiger partial charge in [-0.2, -0.15) is 0 Å². The van der Waals surface area contributed by atoms with Crippen LogP contribution in [-0.2, 0) is 0 Å². The van der Waals surface area contributed by atoms with Crippen molar-refractivity contribution in [3.63, 3.8) is 0 Å². The lowest BCUT2D eigenvalue weighted by atomic mass is 10.1. The molecule has 1 fully saturated rings. The van der Waals surface area contributed by atoms with Crippen LogP contribution < -0.4 is 5.73 Å². The van der Waals surface area contributed by atoms with Crippen LogP contribution in [0.1, 0.15) is 23.2 Å². The van der Waals surface area contributed by atoms with Gasteiger partial charge < -0.3 is 15.7 Å². The predicted octanol–water partition coefficient (Wildman–Crippen LogP) is 1.11. The van der Waals surface area contributed by atoms with Gasteiger partial charge in [-0.1, -0.05) is 6.07 Å². The zero-order valence-electron chi connectivity index (χ0n) is 9.80. The van der Waals surface area contributed by atoms with Gasteiger partial charge in [-0.25, -0.2) is 0 Å². The minimum atomic E-state index is 0.0396. The molecular formula is C13H18N2O2. The van der Waals surface area contributed by atoms with Crippen LogP contribution in [0.3, 0.4) is 0 Å². The van der Waals surface area contributed by atoms with Crippen molar-refractivity contribution in [2.45, 2.75) is 12.8 Å². The van der Waals surface area contributed by atoms with Crippen molar-refractivity contribution >= 4 is 11.6 Å². The van der Waals surface area contributed by atoms with Gasteiger partial charge in [-0.15, -0.1) is 0 Å². The summed E-state index contributed by atoms with van der Waals surface area (Å²) in [6.45, 7) is 1.72. The molecule has 1 saturated heterocycles. The van der Waals surface area contributed by atoms with Gasteiger partial charge in [-0.3, -0.25) is 4.79 Å². The van der Waals surface area contributed by atoms with Crippen LogP contribution in [0.2, 0.25) is 0 Å². The first-order valence-electron chi connectivity index (χ1n) is 5.96. The van der Waals surface area contributed by atoms with E-state index in [0.717, 1.165) is 25.9 Å². The summed E-state index contributed by atoms with van der Waals surface area (Å²) < 4.78 is 0. The number of aliphatic hydroxyl groups is 1. The molecule has 1 unspecified atom stereocenters. The van der Waals surface area contributed by atoms with Crippen LogP contribution >= 0.6 is 0 Å². The van der Waals surface area contributed by atoms with Gasteiger partial charge in [0.05, 0.1) is 0 Å². The molecule has 2 rings (SSSR count). The van der Waals surface area contributed by atoms with E-state index in [0.29, 0.717) is 17.2 Å².